The number of likely N-dealkylation sites (N-methyl/N-ethyl adjacent to an activating group) is 1. The van der Waals surface area contributed by atoms with Crippen LogP contribution in [0, 0.1) is 23.4 Å². The van der Waals surface area contributed by atoms with Gasteiger partial charge in [-0.2, -0.15) is 0 Å². The molecule has 1 saturated carbocycles. The van der Waals surface area contributed by atoms with Crippen molar-refractivity contribution in [3.63, 3.8) is 0 Å². The second kappa shape index (κ2) is 13.5. The van der Waals surface area contributed by atoms with Gasteiger partial charge in [-0.1, -0.05) is 13.0 Å². The van der Waals surface area contributed by atoms with Crippen LogP contribution in [0.2, 0.25) is 0 Å². The molecule has 13 heteroatoms. The summed E-state index contributed by atoms with van der Waals surface area (Å²) in [4.78, 5) is 48.2. The number of aromatic nitrogens is 2. The van der Waals surface area contributed by atoms with E-state index in [0.717, 1.165) is 30.3 Å². The number of alkyl carbamates (subject to hydrolysis) is 1. The topological polar surface area (TPSA) is 123 Å². The van der Waals surface area contributed by atoms with Crippen molar-refractivity contribution in [1.29, 1.82) is 0 Å². The van der Waals surface area contributed by atoms with Gasteiger partial charge in [-0.25, -0.2) is 27.7 Å². The van der Waals surface area contributed by atoms with Crippen LogP contribution in [-0.2, 0) is 9.47 Å². The van der Waals surface area contributed by atoms with E-state index in [1.54, 1.807) is 40.1 Å². The van der Waals surface area contributed by atoms with Gasteiger partial charge < -0.3 is 25.0 Å². The SMILES string of the molecule is COC(=O)N(C)[C@H]1[C@@H](C)C[C@@H](c2ccncc2NC(=O)c2ccc(F)c(-c3c(F)cccc3F)n2)C[C@H]1NC(=O)OC(C)(C)C. The summed E-state index contributed by atoms with van der Waals surface area (Å²) < 4.78 is 53.8. The summed E-state index contributed by atoms with van der Waals surface area (Å²) in [6.45, 7) is 7.18. The van der Waals surface area contributed by atoms with Gasteiger partial charge in [0.1, 0.15) is 34.4 Å². The number of nitrogens with zero attached hydrogens (tertiary/aromatic N) is 3. The zero-order chi connectivity index (χ0) is 33.1. The summed E-state index contributed by atoms with van der Waals surface area (Å²) in [5.74, 6) is -4.15. The quantitative estimate of drug-likeness (QED) is 0.330. The molecule has 45 heavy (non-hydrogen) atoms. The molecular formula is C32H36F3N5O5. The Balaban J connectivity index is 1.63. The van der Waals surface area contributed by atoms with Crippen LogP contribution in [0.15, 0.2) is 48.8 Å². The van der Waals surface area contributed by atoms with Crippen LogP contribution in [0.1, 0.15) is 62.5 Å². The lowest BCUT2D eigenvalue weighted by molar-refractivity contribution is 0.0357. The Morgan fingerprint density at radius 1 is 1.00 bits per heavy atom. The maximum atomic E-state index is 14.6. The Morgan fingerprint density at radius 3 is 2.33 bits per heavy atom. The number of carbonyl (C=O) groups is 3. The maximum Gasteiger partial charge on any atom is 0.409 e. The lowest BCUT2D eigenvalue weighted by Gasteiger charge is -2.45. The highest BCUT2D eigenvalue weighted by molar-refractivity contribution is 6.03. The summed E-state index contributed by atoms with van der Waals surface area (Å²) in [7, 11) is 2.88. The van der Waals surface area contributed by atoms with Crippen LogP contribution < -0.4 is 10.6 Å². The smallest absolute Gasteiger partial charge is 0.409 e. The van der Waals surface area contributed by atoms with Crippen molar-refractivity contribution in [2.45, 2.75) is 64.1 Å². The fraction of sp³-hybridized carbons (Fsp3) is 0.406. The number of hydrogen-bond donors (Lipinski definition) is 2. The number of anilines is 1. The van der Waals surface area contributed by atoms with Crippen molar-refractivity contribution < 1.29 is 37.0 Å². The molecule has 1 aliphatic rings. The monoisotopic (exact) mass is 627 g/mol. The Morgan fingerprint density at radius 2 is 1.69 bits per heavy atom. The molecule has 3 amide bonds. The third kappa shape index (κ3) is 7.70. The average Bonchev–Trinajstić information content (AvgIpc) is 2.96. The molecular weight excluding hydrogens is 591 g/mol. The number of benzene rings is 1. The normalized spacial score (nSPS) is 19.8. The fourth-order valence-corrected chi connectivity index (χ4v) is 5.82. The second-order valence-corrected chi connectivity index (χ2v) is 12.0. The van der Waals surface area contributed by atoms with Gasteiger partial charge in [0.05, 0.1) is 36.6 Å². The van der Waals surface area contributed by atoms with Crippen LogP contribution in [0.3, 0.4) is 0 Å². The van der Waals surface area contributed by atoms with Gasteiger partial charge in [0, 0.05) is 13.2 Å². The molecule has 0 spiro atoms. The van der Waals surface area contributed by atoms with Crippen LogP contribution in [-0.4, -0.2) is 64.8 Å². The largest absolute Gasteiger partial charge is 0.453 e. The van der Waals surface area contributed by atoms with E-state index in [2.05, 4.69) is 20.6 Å². The van der Waals surface area contributed by atoms with Gasteiger partial charge in [0.2, 0.25) is 0 Å². The molecule has 1 fully saturated rings. The molecule has 0 unspecified atom stereocenters. The van der Waals surface area contributed by atoms with Gasteiger partial charge in [0.15, 0.2) is 0 Å². The van der Waals surface area contributed by atoms with Crippen molar-refractivity contribution in [2.24, 2.45) is 5.92 Å². The molecule has 1 aromatic carbocycles. The molecule has 0 saturated heterocycles. The first-order valence-electron chi connectivity index (χ1n) is 14.4. The summed E-state index contributed by atoms with van der Waals surface area (Å²) in [6.07, 6.45) is 2.75. The maximum absolute atomic E-state index is 14.6. The van der Waals surface area contributed by atoms with E-state index in [-0.39, 0.29) is 17.5 Å². The molecule has 2 heterocycles. The van der Waals surface area contributed by atoms with E-state index in [1.165, 1.54) is 18.2 Å². The number of halogens is 3. The highest BCUT2D eigenvalue weighted by atomic mass is 19.1. The van der Waals surface area contributed by atoms with E-state index in [9.17, 15) is 27.6 Å². The molecule has 1 aliphatic carbocycles. The summed E-state index contributed by atoms with van der Waals surface area (Å²) in [5, 5.41) is 5.66. The average molecular weight is 628 g/mol. The predicted octanol–water partition coefficient (Wildman–Crippen LogP) is 6.29. The Bertz CT molecular complexity index is 1560. The Hall–Kier alpha value is -4.68. The number of nitrogens with one attached hydrogen (secondary N) is 2. The van der Waals surface area contributed by atoms with Crippen molar-refractivity contribution in [3.05, 3.63) is 77.5 Å². The van der Waals surface area contributed by atoms with E-state index in [4.69, 9.17) is 9.47 Å². The van der Waals surface area contributed by atoms with Crippen LogP contribution in [0.4, 0.5) is 28.4 Å². The molecule has 2 N–H and O–H groups in total. The zero-order valence-corrected chi connectivity index (χ0v) is 25.9. The number of amides is 3. The van der Waals surface area contributed by atoms with Gasteiger partial charge in [-0.15, -0.1) is 0 Å². The van der Waals surface area contributed by atoms with Gasteiger partial charge >= 0.3 is 12.2 Å². The van der Waals surface area contributed by atoms with Crippen molar-refractivity contribution in [1.82, 2.24) is 20.2 Å². The first kappa shape index (κ1) is 33.2. The lowest BCUT2D eigenvalue weighted by Crippen LogP contribution is -2.58. The molecule has 0 aliphatic heterocycles. The first-order valence-corrected chi connectivity index (χ1v) is 14.4. The molecule has 0 radical (unpaired) electrons. The zero-order valence-electron chi connectivity index (χ0n) is 25.9. The van der Waals surface area contributed by atoms with Gasteiger partial charge in [0.25, 0.3) is 5.91 Å². The summed E-state index contributed by atoms with van der Waals surface area (Å²) in [5.41, 5.74) is -1.31. The van der Waals surface area contributed by atoms with Crippen molar-refractivity contribution in [3.8, 4) is 11.3 Å². The molecule has 4 atom stereocenters. The highest BCUT2D eigenvalue weighted by Gasteiger charge is 2.42. The highest BCUT2D eigenvalue weighted by Crippen LogP contribution is 2.41. The van der Waals surface area contributed by atoms with Crippen molar-refractivity contribution >= 4 is 23.8 Å². The van der Waals surface area contributed by atoms with Gasteiger partial charge in [-0.3, -0.25) is 9.78 Å². The van der Waals surface area contributed by atoms with Crippen LogP contribution in [0.5, 0.6) is 0 Å². The molecule has 10 nitrogen and oxygen atoms in total. The molecule has 3 aromatic rings. The Labute approximate surface area is 259 Å². The number of carbonyl (C=O) groups excluding carboxylic acids is 3. The number of hydrogen-bond acceptors (Lipinski definition) is 7. The minimum absolute atomic E-state index is 0.138. The first-order chi connectivity index (χ1) is 21.2. The molecule has 2 aromatic heterocycles. The lowest BCUT2D eigenvalue weighted by atomic mass is 9.72. The molecule has 0 bridgehead atoms. The third-order valence-corrected chi connectivity index (χ3v) is 7.62. The van der Waals surface area contributed by atoms with Crippen LogP contribution >= 0.6 is 0 Å². The standard InChI is InChI=1S/C32H36F3N5O5/c1-17-14-18(15-24(28(17)40(5)31(43)44-6)39-30(42)45-32(2,3)4)19-12-13-36-16-25(19)38-29(41)23-11-10-22(35)27(37-23)26-20(33)8-7-9-21(26)34/h7-13,16-18,24,28H,14-15H2,1-6H3,(H,38,41)(H,39,42)/t17-,18+,24+,28-/m0/s1. The fourth-order valence-electron chi connectivity index (χ4n) is 5.82. The number of methoxy groups -OCH3 is 1. The van der Waals surface area contributed by atoms with E-state index in [0.29, 0.717) is 24.1 Å². The van der Waals surface area contributed by atoms with E-state index < -0.39 is 64.5 Å². The molecule has 240 valence electrons. The van der Waals surface area contributed by atoms with E-state index in [1.807, 2.05) is 6.92 Å². The van der Waals surface area contributed by atoms with Crippen molar-refractivity contribution in [2.75, 3.05) is 19.5 Å². The number of ether oxygens (including phenoxy) is 2. The minimum Gasteiger partial charge on any atom is -0.453 e. The number of pyridine rings is 2. The molecule has 4 rings (SSSR count). The summed E-state index contributed by atoms with van der Waals surface area (Å²) >= 11 is 0. The minimum atomic E-state index is -1.02. The third-order valence-electron chi connectivity index (χ3n) is 7.62. The summed E-state index contributed by atoms with van der Waals surface area (Å²) in [6, 6.07) is 5.87. The number of rotatable bonds is 6. The van der Waals surface area contributed by atoms with E-state index >= 15 is 0 Å². The predicted molar refractivity (Wildman–Crippen MR) is 160 cm³/mol. The Kier molecular flexibility index (Phi) is 9.99. The second-order valence-electron chi connectivity index (χ2n) is 12.0. The van der Waals surface area contributed by atoms with Gasteiger partial charge in [-0.05, 0) is 81.3 Å². The van der Waals surface area contributed by atoms with Crippen LogP contribution in [0.25, 0.3) is 11.3 Å².